The Morgan fingerprint density at radius 2 is 1.88 bits per heavy atom. The molecule has 2 aromatic rings. The molecule has 3 rings (SSSR count). The number of aliphatic hydroxyl groups is 1. The number of aliphatic hydroxyl groups excluding tert-OH is 1. The van der Waals surface area contributed by atoms with Crippen molar-refractivity contribution in [2.75, 3.05) is 26.9 Å². The second-order valence-corrected chi connectivity index (χ2v) is 8.54. The number of benzene rings is 2. The van der Waals surface area contributed by atoms with E-state index in [1.54, 1.807) is 25.3 Å². The topological polar surface area (TPSA) is 76.1 Å². The van der Waals surface area contributed by atoms with Crippen molar-refractivity contribution >= 4 is 33.4 Å². The molecule has 32 heavy (non-hydrogen) atoms. The molecule has 1 atom stereocenters. The number of methoxy groups -OCH3 is 1. The molecule has 1 fully saturated rings. The molecule has 170 valence electrons. The van der Waals surface area contributed by atoms with Gasteiger partial charge >= 0.3 is 0 Å². The first kappa shape index (κ1) is 24.0. The third-order valence-corrected chi connectivity index (χ3v) is 5.82. The van der Waals surface area contributed by atoms with E-state index in [0.29, 0.717) is 37.5 Å². The minimum Gasteiger partial charge on any atom is -0.507 e. The third kappa shape index (κ3) is 5.40. The molecule has 7 heteroatoms. The van der Waals surface area contributed by atoms with Gasteiger partial charge in [0.25, 0.3) is 11.7 Å². The van der Waals surface area contributed by atoms with Gasteiger partial charge in [0.1, 0.15) is 11.5 Å². The predicted octanol–water partition coefficient (Wildman–Crippen LogP) is 5.09. The molecule has 0 aliphatic carbocycles. The summed E-state index contributed by atoms with van der Waals surface area (Å²) in [6, 6.07) is 13.7. The SMILES string of the molecule is CCCCOc1cccc(C(O)=C2C(=O)C(=O)N(CCCOC)C2c2cccc(Br)c2)c1. The highest BCUT2D eigenvalue weighted by atomic mass is 79.9. The van der Waals surface area contributed by atoms with Crippen LogP contribution in [0, 0.1) is 0 Å². The fourth-order valence-electron chi connectivity index (χ4n) is 3.74. The molecular formula is C25H28BrNO5. The van der Waals surface area contributed by atoms with Crippen LogP contribution in [0.1, 0.15) is 43.4 Å². The molecule has 1 aliphatic heterocycles. The summed E-state index contributed by atoms with van der Waals surface area (Å²) in [7, 11) is 1.59. The Morgan fingerprint density at radius 3 is 2.59 bits per heavy atom. The lowest BCUT2D eigenvalue weighted by molar-refractivity contribution is -0.140. The van der Waals surface area contributed by atoms with Crippen LogP contribution in [-0.4, -0.2) is 48.6 Å². The quantitative estimate of drug-likeness (QED) is 0.212. The predicted molar refractivity (Wildman–Crippen MR) is 126 cm³/mol. The number of hydrogen-bond acceptors (Lipinski definition) is 5. The molecule has 0 spiro atoms. The zero-order valence-corrected chi connectivity index (χ0v) is 19.9. The lowest BCUT2D eigenvalue weighted by Crippen LogP contribution is -2.31. The van der Waals surface area contributed by atoms with E-state index >= 15 is 0 Å². The van der Waals surface area contributed by atoms with Crippen molar-refractivity contribution in [3.8, 4) is 5.75 Å². The summed E-state index contributed by atoms with van der Waals surface area (Å²) in [5, 5.41) is 11.2. The average Bonchev–Trinajstić information content (AvgIpc) is 3.04. The molecule has 1 unspecified atom stereocenters. The number of amides is 1. The zero-order valence-electron chi connectivity index (χ0n) is 18.3. The Morgan fingerprint density at radius 1 is 1.09 bits per heavy atom. The van der Waals surface area contributed by atoms with Gasteiger partial charge in [0.05, 0.1) is 18.2 Å². The van der Waals surface area contributed by atoms with E-state index < -0.39 is 17.7 Å². The molecule has 1 N–H and O–H groups in total. The van der Waals surface area contributed by atoms with Crippen LogP contribution in [0.3, 0.4) is 0 Å². The van der Waals surface area contributed by atoms with E-state index in [2.05, 4.69) is 22.9 Å². The molecule has 1 amide bonds. The maximum absolute atomic E-state index is 13.0. The number of rotatable bonds is 10. The molecule has 1 aliphatic rings. The molecule has 0 bridgehead atoms. The highest BCUT2D eigenvalue weighted by molar-refractivity contribution is 9.10. The van der Waals surface area contributed by atoms with Gasteiger partial charge in [0.15, 0.2) is 0 Å². The Hall–Kier alpha value is -2.64. The van der Waals surface area contributed by atoms with E-state index in [-0.39, 0.29) is 11.3 Å². The van der Waals surface area contributed by atoms with Crippen LogP contribution in [0.15, 0.2) is 58.6 Å². The summed E-state index contributed by atoms with van der Waals surface area (Å²) in [5.41, 5.74) is 1.26. The van der Waals surface area contributed by atoms with E-state index in [4.69, 9.17) is 9.47 Å². The van der Waals surface area contributed by atoms with Crippen LogP contribution in [0.2, 0.25) is 0 Å². The molecule has 0 saturated carbocycles. The number of ketones is 1. The van der Waals surface area contributed by atoms with Crippen molar-refractivity contribution < 1.29 is 24.2 Å². The summed E-state index contributed by atoms with van der Waals surface area (Å²) in [6.45, 7) is 3.46. The number of carbonyl (C=O) groups excluding carboxylic acids is 2. The number of halogens is 1. The van der Waals surface area contributed by atoms with Gasteiger partial charge in [0.2, 0.25) is 0 Å². The smallest absolute Gasteiger partial charge is 0.295 e. The van der Waals surface area contributed by atoms with Gasteiger partial charge in [0, 0.05) is 30.3 Å². The molecule has 0 radical (unpaired) electrons. The number of likely N-dealkylation sites (tertiary alicyclic amines) is 1. The van der Waals surface area contributed by atoms with Crippen molar-refractivity contribution in [1.29, 1.82) is 0 Å². The van der Waals surface area contributed by atoms with Crippen LogP contribution in [0.4, 0.5) is 0 Å². The minimum absolute atomic E-state index is 0.0798. The zero-order chi connectivity index (χ0) is 23.1. The fourth-order valence-corrected chi connectivity index (χ4v) is 4.15. The standard InChI is InChI=1S/C25H28BrNO5/c1-3-4-14-32-20-11-6-9-18(16-20)23(28)21-22(17-8-5-10-19(26)15-17)27(12-7-13-31-2)25(30)24(21)29/h5-6,8-11,15-16,22,28H,3-4,7,12-14H2,1-2H3. The first-order valence-electron chi connectivity index (χ1n) is 10.7. The lowest BCUT2D eigenvalue weighted by atomic mass is 9.95. The maximum Gasteiger partial charge on any atom is 0.295 e. The molecule has 6 nitrogen and oxygen atoms in total. The van der Waals surface area contributed by atoms with Gasteiger partial charge in [-0.1, -0.05) is 53.5 Å². The van der Waals surface area contributed by atoms with Crippen LogP contribution >= 0.6 is 15.9 Å². The summed E-state index contributed by atoms with van der Waals surface area (Å²) in [5.74, 6) is -0.912. The van der Waals surface area contributed by atoms with Crippen LogP contribution < -0.4 is 4.74 Å². The Kier molecular flexibility index (Phi) is 8.47. The summed E-state index contributed by atoms with van der Waals surface area (Å²) in [4.78, 5) is 27.5. The van der Waals surface area contributed by atoms with E-state index in [9.17, 15) is 14.7 Å². The second-order valence-electron chi connectivity index (χ2n) is 7.62. The average molecular weight is 502 g/mol. The van der Waals surface area contributed by atoms with E-state index in [1.165, 1.54) is 4.90 Å². The highest BCUT2D eigenvalue weighted by Gasteiger charge is 2.45. The van der Waals surface area contributed by atoms with Crippen molar-refractivity contribution in [1.82, 2.24) is 4.90 Å². The highest BCUT2D eigenvalue weighted by Crippen LogP contribution is 2.40. The van der Waals surface area contributed by atoms with Crippen molar-refractivity contribution in [3.05, 3.63) is 69.7 Å². The van der Waals surface area contributed by atoms with Crippen molar-refractivity contribution in [2.45, 2.75) is 32.2 Å². The number of hydrogen-bond donors (Lipinski definition) is 1. The third-order valence-electron chi connectivity index (χ3n) is 5.33. The maximum atomic E-state index is 13.0. The molecule has 0 aromatic heterocycles. The van der Waals surface area contributed by atoms with Gasteiger partial charge in [-0.2, -0.15) is 0 Å². The summed E-state index contributed by atoms with van der Waals surface area (Å²) < 4.78 is 11.7. The molecule has 1 heterocycles. The fraction of sp³-hybridized carbons (Fsp3) is 0.360. The number of unbranched alkanes of at least 4 members (excludes halogenated alkanes) is 1. The van der Waals surface area contributed by atoms with Crippen molar-refractivity contribution in [2.24, 2.45) is 0 Å². The van der Waals surface area contributed by atoms with Crippen LogP contribution in [-0.2, 0) is 14.3 Å². The number of carbonyl (C=O) groups is 2. The number of nitrogens with zero attached hydrogens (tertiary/aromatic N) is 1. The number of Topliss-reactive ketones (excluding diaryl/α,β-unsaturated/α-hetero) is 1. The van der Waals surface area contributed by atoms with Gasteiger partial charge in [-0.25, -0.2) is 0 Å². The van der Waals surface area contributed by atoms with Gasteiger partial charge in [-0.15, -0.1) is 0 Å². The normalized spacial score (nSPS) is 17.7. The Balaban J connectivity index is 2.04. The first-order valence-corrected chi connectivity index (χ1v) is 11.5. The summed E-state index contributed by atoms with van der Waals surface area (Å²) >= 11 is 3.46. The largest absolute Gasteiger partial charge is 0.507 e. The van der Waals surface area contributed by atoms with E-state index in [1.807, 2.05) is 30.3 Å². The lowest BCUT2D eigenvalue weighted by Gasteiger charge is -2.25. The summed E-state index contributed by atoms with van der Waals surface area (Å²) in [6.07, 6.45) is 2.51. The number of ether oxygens (including phenoxy) is 2. The first-order chi connectivity index (χ1) is 15.5. The molecular weight excluding hydrogens is 474 g/mol. The van der Waals surface area contributed by atoms with E-state index in [0.717, 1.165) is 22.9 Å². The van der Waals surface area contributed by atoms with Crippen molar-refractivity contribution in [3.63, 3.8) is 0 Å². The Bertz CT molecular complexity index is 1000. The molecule has 2 aromatic carbocycles. The molecule has 1 saturated heterocycles. The van der Waals surface area contributed by atoms with Gasteiger partial charge in [-0.05, 0) is 42.7 Å². The van der Waals surface area contributed by atoms with Crippen LogP contribution in [0.5, 0.6) is 5.75 Å². The second kappa shape index (κ2) is 11.3. The monoisotopic (exact) mass is 501 g/mol. The van der Waals surface area contributed by atoms with Gasteiger partial charge in [-0.3, -0.25) is 9.59 Å². The Labute approximate surface area is 197 Å². The van der Waals surface area contributed by atoms with Crippen LogP contribution in [0.25, 0.3) is 5.76 Å². The van der Waals surface area contributed by atoms with Gasteiger partial charge < -0.3 is 19.5 Å². The minimum atomic E-state index is -0.692.